The van der Waals surface area contributed by atoms with Crippen molar-refractivity contribution in [2.75, 3.05) is 26.0 Å². The van der Waals surface area contributed by atoms with Crippen molar-refractivity contribution in [2.45, 2.75) is 63.1 Å². The Morgan fingerprint density at radius 2 is 1.97 bits per heavy atom. The SMILES string of the molecule is Cc1ccnc2c1[C@H]1CC[C@H](CC1)OCC1C(NS(C)(=O)=O)CCN1C(=O)CO2. The van der Waals surface area contributed by atoms with E-state index in [1.165, 1.54) is 0 Å². The van der Waals surface area contributed by atoms with Crippen molar-refractivity contribution in [3.8, 4) is 5.88 Å². The van der Waals surface area contributed by atoms with Crippen molar-refractivity contribution >= 4 is 15.9 Å². The highest BCUT2D eigenvalue weighted by atomic mass is 32.2. The molecule has 160 valence electrons. The first kappa shape index (κ1) is 20.6. The number of pyridine rings is 1. The molecule has 1 saturated heterocycles. The smallest absolute Gasteiger partial charge is 0.260 e. The van der Waals surface area contributed by atoms with Gasteiger partial charge in [-0.1, -0.05) is 0 Å². The predicted octanol–water partition coefficient (Wildman–Crippen LogP) is 1.34. The van der Waals surface area contributed by atoms with Crippen molar-refractivity contribution < 1.29 is 22.7 Å². The summed E-state index contributed by atoms with van der Waals surface area (Å²) in [5.41, 5.74) is 2.24. The van der Waals surface area contributed by atoms with Crippen LogP contribution in [0.1, 0.15) is 49.1 Å². The summed E-state index contributed by atoms with van der Waals surface area (Å²) < 4.78 is 38.3. The lowest BCUT2D eigenvalue weighted by Gasteiger charge is -2.32. The molecule has 4 aliphatic rings. The Morgan fingerprint density at radius 1 is 1.21 bits per heavy atom. The maximum absolute atomic E-state index is 12.9. The maximum Gasteiger partial charge on any atom is 0.260 e. The van der Waals surface area contributed by atoms with E-state index in [0.29, 0.717) is 31.4 Å². The summed E-state index contributed by atoms with van der Waals surface area (Å²) in [5, 5.41) is 0. The minimum Gasteiger partial charge on any atom is -0.467 e. The molecule has 9 heteroatoms. The minimum atomic E-state index is -3.37. The zero-order valence-corrected chi connectivity index (χ0v) is 17.8. The molecule has 2 atom stereocenters. The van der Waals surface area contributed by atoms with Crippen LogP contribution in [0.4, 0.5) is 0 Å². The van der Waals surface area contributed by atoms with Crippen LogP contribution in [0.2, 0.25) is 0 Å². The summed E-state index contributed by atoms with van der Waals surface area (Å²) in [6, 6.07) is 1.31. The van der Waals surface area contributed by atoms with Crippen molar-refractivity contribution in [1.82, 2.24) is 14.6 Å². The van der Waals surface area contributed by atoms with E-state index in [4.69, 9.17) is 9.47 Å². The normalized spacial score (nSPS) is 30.6. The molecule has 29 heavy (non-hydrogen) atoms. The number of carbonyl (C=O) groups excluding carboxylic acids is 1. The first-order valence-corrected chi connectivity index (χ1v) is 12.2. The highest BCUT2D eigenvalue weighted by molar-refractivity contribution is 7.88. The van der Waals surface area contributed by atoms with E-state index in [2.05, 4.69) is 16.6 Å². The Labute approximate surface area is 172 Å². The van der Waals surface area contributed by atoms with E-state index in [9.17, 15) is 13.2 Å². The van der Waals surface area contributed by atoms with E-state index >= 15 is 0 Å². The average Bonchev–Trinajstić information content (AvgIpc) is 3.05. The molecular weight excluding hydrogens is 394 g/mol. The molecule has 0 aromatic carbocycles. The van der Waals surface area contributed by atoms with Gasteiger partial charge in [-0.3, -0.25) is 4.79 Å². The number of ether oxygens (including phenoxy) is 2. The molecule has 2 bridgehead atoms. The highest BCUT2D eigenvalue weighted by Crippen LogP contribution is 2.39. The maximum atomic E-state index is 12.9. The molecule has 1 aliphatic carbocycles. The van der Waals surface area contributed by atoms with E-state index in [0.717, 1.165) is 43.1 Å². The Bertz CT molecular complexity index is 867. The van der Waals surface area contributed by atoms with Gasteiger partial charge >= 0.3 is 0 Å². The third-order valence-electron chi connectivity index (χ3n) is 6.32. The number of fused-ring (bicyclic) bond motifs is 5. The number of sulfonamides is 1. The number of nitrogens with zero attached hydrogens (tertiary/aromatic N) is 2. The fourth-order valence-electron chi connectivity index (χ4n) is 4.90. The van der Waals surface area contributed by atoms with Gasteiger partial charge in [0.2, 0.25) is 15.9 Å². The fourth-order valence-corrected chi connectivity index (χ4v) is 5.73. The predicted molar refractivity (Wildman–Crippen MR) is 107 cm³/mol. The van der Waals surface area contributed by atoms with Gasteiger partial charge in [-0.2, -0.15) is 0 Å². The molecule has 8 nitrogen and oxygen atoms in total. The second-order valence-corrected chi connectivity index (χ2v) is 10.2. The number of nitrogens with one attached hydrogen (secondary N) is 1. The van der Waals surface area contributed by atoms with Crippen LogP contribution < -0.4 is 9.46 Å². The lowest BCUT2D eigenvalue weighted by Crippen LogP contribution is -2.50. The van der Waals surface area contributed by atoms with Gasteiger partial charge < -0.3 is 14.4 Å². The second-order valence-electron chi connectivity index (χ2n) is 8.38. The average molecular weight is 424 g/mol. The fraction of sp³-hybridized carbons (Fsp3) is 0.700. The van der Waals surface area contributed by atoms with E-state index in [1.54, 1.807) is 11.1 Å². The Morgan fingerprint density at radius 3 is 2.69 bits per heavy atom. The number of carbonyl (C=O) groups is 1. The molecule has 2 fully saturated rings. The first-order valence-electron chi connectivity index (χ1n) is 10.3. The number of aromatic nitrogens is 1. The third kappa shape index (κ3) is 4.57. The summed E-state index contributed by atoms with van der Waals surface area (Å²) in [6.07, 6.45) is 7.40. The lowest BCUT2D eigenvalue weighted by atomic mass is 9.81. The summed E-state index contributed by atoms with van der Waals surface area (Å²) >= 11 is 0. The summed E-state index contributed by atoms with van der Waals surface area (Å²) in [7, 11) is -3.37. The van der Waals surface area contributed by atoms with Gasteiger partial charge in [-0.15, -0.1) is 0 Å². The quantitative estimate of drug-likeness (QED) is 0.771. The largest absolute Gasteiger partial charge is 0.467 e. The molecule has 0 radical (unpaired) electrons. The molecular formula is C20H29N3O5S. The van der Waals surface area contributed by atoms with Crippen LogP contribution in [0.15, 0.2) is 12.3 Å². The van der Waals surface area contributed by atoms with E-state index < -0.39 is 10.0 Å². The standard InChI is InChI=1S/C20H29N3O5S/c1-13-7-9-21-20-19(13)14-3-5-15(6-4-14)27-11-17-16(22-29(2,25)26)8-10-23(17)18(24)12-28-20/h7,9,14-17,22H,3-6,8,10-12H2,1-2H3/t14-,15+,16?,17?. The van der Waals surface area contributed by atoms with Crippen LogP contribution in [0.25, 0.3) is 0 Å². The van der Waals surface area contributed by atoms with Crippen molar-refractivity contribution in [3.05, 3.63) is 23.4 Å². The Hall–Kier alpha value is -1.71. The van der Waals surface area contributed by atoms with Gasteiger partial charge in [0.15, 0.2) is 6.61 Å². The van der Waals surface area contributed by atoms with Crippen LogP contribution in [0, 0.1) is 6.92 Å². The molecule has 1 saturated carbocycles. The van der Waals surface area contributed by atoms with Gasteiger partial charge in [0.25, 0.3) is 5.91 Å². The Kier molecular flexibility index (Phi) is 5.81. The topological polar surface area (TPSA) is 97.8 Å². The molecule has 3 aliphatic heterocycles. The highest BCUT2D eigenvalue weighted by Gasteiger charge is 2.40. The van der Waals surface area contributed by atoms with Crippen LogP contribution in [-0.4, -0.2) is 68.4 Å². The van der Waals surface area contributed by atoms with Gasteiger partial charge in [0, 0.05) is 24.3 Å². The monoisotopic (exact) mass is 423 g/mol. The molecule has 1 aromatic rings. The summed E-state index contributed by atoms with van der Waals surface area (Å²) in [4.78, 5) is 19.0. The third-order valence-corrected chi connectivity index (χ3v) is 7.05. The van der Waals surface area contributed by atoms with Gasteiger partial charge in [-0.05, 0) is 56.6 Å². The van der Waals surface area contributed by atoms with Crippen LogP contribution in [0.5, 0.6) is 5.88 Å². The number of aryl methyl sites for hydroxylation is 1. The minimum absolute atomic E-state index is 0.109. The Balaban J connectivity index is 1.61. The zero-order valence-electron chi connectivity index (χ0n) is 17.0. The van der Waals surface area contributed by atoms with Crippen LogP contribution >= 0.6 is 0 Å². The van der Waals surface area contributed by atoms with E-state index in [-0.39, 0.29) is 30.7 Å². The molecule has 1 aromatic heterocycles. The molecule has 4 heterocycles. The summed E-state index contributed by atoms with van der Waals surface area (Å²) in [6.45, 7) is 2.76. The number of hydrogen-bond acceptors (Lipinski definition) is 6. The second kappa shape index (κ2) is 8.20. The van der Waals surface area contributed by atoms with Gasteiger partial charge in [-0.25, -0.2) is 18.1 Å². The zero-order chi connectivity index (χ0) is 20.6. The molecule has 5 rings (SSSR count). The van der Waals surface area contributed by atoms with E-state index in [1.807, 2.05) is 6.07 Å². The lowest BCUT2D eigenvalue weighted by molar-refractivity contribution is -0.136. The number of rotatable bonds is 2. The van der Waals surface area contributed by atoms with Crippen molar-refractivity contribution in [3.63, 3.8) is 0 Å². The van der Waals surface area contributed by atoms with Gasteiger partial charge in [0.1, 0.15) is 0 Å². The van der Waals surface area contributed by atoms with Crippen molar-refractivity contribution in [2.24, 2.45) is 0 Å². The number of hydrogen-bond donors (Lipinski definition) is 1. The molecule has 1 amide bonds. The van der Waals surface area contributed by atoms with Crippen molar-refractivity contribution in [1.29, 1.82) is 0 Å². The van der Waals surface area contributed by atoms with Gasteiger partial charge in [0.05, 0.1) is 25.0 Å². The summed E-state index contributed by atoms with van der Waals surface area (Å²) in [5.74, 6) is 0.731. The van der Waals surface area contributed by atoms with Crippen LogP contribution in [0.3, 0.4) is 0 Å². The van der Waals surface area contributed by atoms with Crippen LogP contribution in [-0.2, 0) is 19.6 Å². The first-order chi connectivity index (χ1) is 13.8. The molecule has 0 spiro atoms. The number of amides is 1. The molecule has 2 unspecified atom stereocenters. The molecule has 1 N–H and O–H groups in total.